The van der Waals surface area contributed by atoms with Gasteiger partial charge in [-0.1, -0.05) is 18.5 Å². The zero-order valence-corrected chi connectivity index (χ0v) is 11.4. The molecule has 1 unspecified atom stereocenters. The molecule has 1 amide bonds. The number of aliphatic hydroxyl groups is 1. The number of amides is 1. The first-order valence-electron chi connectivity index (χ1n) is 5.90. The van der Waals surface area contributed by atoms with E-state index in [0.717, 1.165) is 6.42 Å². The van der Waals surface area contributed by atoms with Crippen molar-refractivity contribution >= 4 is 23.2 Å². The third-order valence-electron chi connectivity index (χ3n) is 2.93. The van der Waals surface area contributed by atoms with Crippen LogP contribution >= 0.6 is 11.6 Å². The maximum atomic E-state index is 11.7. The molecule has 0 aromatic heterocycles. The molecular weight excluding hydrogens is 252 g/mol. The van der Waals surface area contributed by atoms with Gasteiger partial charge < -0.3 is 15.7 Å². The Balaban J connectivity index is 2.45. The Labute approximate surface area is 112 Å². The average molecular weight is 271 g/mol. The molecule has 0 aliphatic rings. The summed E-state index contributed by atoms with van der Waals surface area (Å²) in [5.41, 5.74) is 0.283. The number of anilines is 1. The molecule has 0 heterocycles. The second kappa shape index (κ2) is 6.73. The van der Waals surface area contributed by atoms with Gasteiger partial charge in [-0.2, -0.15) is 0 Å². The van der Waals surface area contributed by atoms with Gasteiger partial charge in [0.2, 0.25) is 5.91 Å². The second-order valence-corrected chi connectivity index (χ2v) is 4.92. The molecule has 0 saturated carbocycles. The van der Waals surface area contributed by atoms with Crippen LogP contribution in [-0.2, 0) is 4.79 Å². The minimum absolute atomic E-state index is 0.00226. The first-order chi connectivity index (χ1) is 8.49. The number of halogens is 1. The van der Waals surface area contributed by atoms with Gasteiger partial charge in [0.15, 0.2) is 0 Å². The lowest BCUT2D eigenvalue weighted by Gasteiger charge is -2.26. The quantitative estimate of drug-likeness (QED) is 0.741. The van der Waals surface area contributed by atoms with E-state index in [1.54, 1.807) is 24.3 Å². The lowest BCUT2D eigenvalue weighted by molar-refractivity contribution is -0.115. The molecular formula is C13H19ClN2O2. The molecule has 0 aliphatic carbocycles. The number of aliphatic hydroxyl groups excluding tert-OH is 1. The topological polar surface area (TPSA) is 61.4 Å². The molecule has 1 atom stereocenters. The summed E-state index contributed by atoms with van der Waals surface area (Å²) in [5, 5.41) is 15.6. The van der Waals surface area contributed by atoms with Gasteiger partial charge >= 0.3 is 0 Å². The summed E-state index contributed by atoms with van der Waals surface area (Å²) < 4.78 is 0. The Hall–Kier alpha value is -1.10. The van der Waals surface area contributed by atoms with Crippen molar-refractivity contribution in [2.75, 3.05) is 18.5 Å². The summed E-state index contributed by atoms with van der Waals surface area (Å²) in [6.07, 6.45) is 0.748. The number of carbonyl (C=O) groups excluding carboxylic acids is 1. The van der Waals surface area contributed by atoms with E-state index >= 15 is 0 Å². The first kappa shape index (κ1) is 15.0. The zero-order chi connectivity index (χ0) is 13.6. The molecule has 18 heavy (non-hydrogen) atoms. The molecule has 100 valence electrons. The van der Waals surface area contributed by atoms with Crippen molar-refractivity contribution in [1.82, 2.24) is 5.32 Å². The molecule has 0 saturated heterocycles. The number of nitrogens with one attached hydrogen (secondary N) is 2. The summed E-state index contributed by atoms with van der Waals surface area (Å²) in [4.78, 5) is 11.7. The van der Waals surface area contributed by atoms with Gasteiger partial charge in [0.1, 0.15) is 0 Å². The van der Waals surface area contributed by atoms with Gasteiger partial charge in [0.05, 0.1) is 13.2 Å². The molecule has 0 radical (unpaired) electrons. The van der Waals surface area contributed by atoms with Crippen LogP contribution in [0, 0.1) is 0 Å². The summed E-state index contributed by atoms with van der Waals surface area (Å²) in [6.45, 7) is 3.99. The van der Waals surface area contributed by atoms with Gasteiger partial charge in [-0.15, -0.1) is 0 Å². The van der Waals surface area contributed by atoms with Crippen LogP contribution in [0.4, 0.5) is 5.69 Å². The van der Waals surface area contributed by atoms with Crippen LogP contribution in [0.3, 0.4) is 0 Å². The SMILES string of the molecule is CCC(C)(CO)NCC(=O)Nc1ccc(Cl)cc1. The molecule has 0 fully saturated rings. The van der Waals surface area contributed by atoms with Crippen molar-refractivity contribution in [1.29, 1.82) is 0 Å². The molecule has 1 aromatic rings. The van der Waals surface area contributed by atoms with E-state index in [1.807, 2.05) is 13.8 Å². The lowest BCUT2D eigenvalue weighted by Crippen LogP contribution is -2.48. The summed E-state index contributed by atoms with van der Waals surface area (Å²) >= 11 is 5.75. The van der Waals surface area contributed by atoms with Crippen molar-refractivity contribution in [2.45, 2.75) is 25.8 Å². The third-order valence-corrected chi connectivity index (χ3v) is 3.18. The molecule has 4 nitrogen and oxygen atoms in total. The van der Waals surface area contributed by atoms with Crippen LogP contribution in [-0.4, -0.2) is 29.7 Å². The number of hydrogen-bond acceptors (Lipinski definition) is 3. The van der Waals surface area contributed by atoms with E-state index in [9.17, 15) is 9.90 Å². The van der Waals surface area contributed by atoms with Crippen LogP contribution < -0.4 is 10.6 Å². The van der Waals surface area contributed by atoms with Gasteiger partial charge in [-0.05, 0) is 37.6 Å². The highest BCUT2D eigenvalue weighted by molar-refractivity contribution is 6.30. The number of rotatable bonds is 6. The summed E-state index contributed by atoms with van der Waals surface area (Å²) in [5.74, 6) is -0.148. The fraction of sp³-hybridized carbons (Fsp3) is 0.462. The van der Waals surface area contributed by atoms with Crippen LogP contribution in [0.2, 0.25) is 5.02 Å². The van der Waals surface area contributed by atoms with Gasteiger partial charge in [-0.3, -0.25) is 4.79 Å². The monoisotopic (exact) mass is 270 g/mol. The van der Waals surface area contributed by atoms with E-state index in [2.05, 4.69) is 10.6 Å². The van der Waals surface area contributed by atoms with Crippen LogP contribution in [0.5, 0.6) is 0 Å². The van der Waals surface area contributed by atoms with E-state index < -0.39 is 5.54 Å². The fourth-order valence-corrected chi connectivity index (χ4v) is 1.45. The predicted molar refractivity (Wildman–Crippen MR) is 73.9 cm³/mol. The van der Waals surface area contributed by atoms with Crippen molar-refractivity contribution in [2.24, 2.45) is 0 Å². The molecule has 3 N–H and O–H groups in total. The number of carbonyl (C=O) groups is 1. The number of hydrogen-bond donors (Lipinski definition) is 3. The maximum absolute atomic E-state index is 11.7. The Morgan fingerprint density at radius 1 is 1.39 bits per heavy atom. The molecule has 0 aliphatic heterocycles. The standard InChI is InChI=1S/C13H19ClN2O2/c1-3-13(2,9-17)15-8-12(18)16-11-6-4-10(14)5-7-11/h4-7,15,17H,3,8-9H2,1-2H3,(H,16,18). The molecule has 1 aromatic carbocycles. The average Bonchev–Trinajstić information content (AvgIpc) is 2.39. The minimum atomic E-state index is -0.419. The van der Waals surface area contributed by atoms with E-state index in [0.29, 0.717) is 10.7 Å². The van der Waals surface area contributed by atoms with Crippen LogP contribution in [0.15, 0.2) is 24.3 Å². The second-order valence-electron chi connectivity index (χ2n) is 4.48. The van der Waals surface area contributed by atoms with Crippen molar-refractivity contribution in [3.05, 3.63) is 29.3 Å². The maximum Gasteiger partial charge on any atom is 0.238 e. The lowest BCUT2D eigenvalue weighted by atomic mass is 10.0. The number of benzene rings is 1. The highest BCUT2D eigenvalue weighted by atomic mass is 35.5. The van der Waals surface area contributed by atoms with Gasteiger partial charge in [0, 0.05) is 16.2 Å². The first-order valence-corrected chi connectivity index (χ1v) is 6.28. The molecule has 5 heteroatoms. The van der Waals surface area contributed by atoms with Crippen LogP contribution in [0.1, 0.15) is 20.3 Å². The fourth-order valence-electron chi connectivity index (χ4n) is 1.32. The Morgan fingerprint density at radius 2 is 2.00 bits per heavy atom. The molecule has 1 rings (SSSR count). The molecule has 0 bridgehead atoms. The van der Waals surface area contributed by atoms with E-state index in [4.69, 9.17) is 11.6 Å². The predicted octanol–water partition coefficient (Wildman–Crippen LogP) is 2.03. The highest BCUT2D eigenvalue weighted by Gasteiger charge is 2.20. The van der Waals surface area contributed by atoms with Gasteiger partial charge in [-0.25, -0.2) is 0 Å². The highest BCUT2D eigenvalue weighted by Crippen LogP contribution is 2.13. The summed E-state index contributed by atoms with van der Waals surface area (Å²) in [6, 6.07) is 6.92. The Bertz CT molecular complexity index is 388. The van der Waals surface area contributed by atoms with E-state index in [-0.39, 0.29) is 19.1 Å². The third kappa shape index (κ3) is 4.64. The Morgan fingerprint density at radius 3 is 2.50 bits per heavy atom. The smallest absolute Gasteiger partial charge is 0.238 e. The normalized spacial score (nSPS) is 14.0. The zero-order valence-electron chi connectivity index (χ0n) is 10.7. The largest absolute Gasteiger partial charge is 0.394 e. The van der Waals surface area contributed by atoms with Crippen molar-refractivity contribution in [3.63, 3.8) is 0 Å². The van der Waals surface area contributed by atoms with Crippen LogP contribution in [0.25, 0.3) is 0 Å². The minimum Gasteiger partial charge on any atom is -0.394 e. The van der Waals surface area contributed by atoms with E-state index in [1.165, 1.54) is 0 Å². The summed E-state index contributed by atoms with van der Waals surface area (Å²) in [7, 11) is 0. The van der Waals surface area contributed by atoms with Crippen molar-refractivity contribution in [3.8, 4) is 0 Å². The van der Waals surface area contributed by atoms with Gasteiger partial charge in [0.25, 0.3) is 0 Å². The molecule has 0 spiro atoms. The Kier molecular flexibility index (Phi) is 5.59. The van der Waals surface area contributed by atoms with Crippen molar-refractivity contribution < 1.29 is 9.90 Å².